The molecule has 0 bridgehead atoms. The molecule has 2 saturated carbocycles. The highest BCUT2D eigenvalue weighted by molar-refractivity contribution is 5.86. The van der Waals surface area contributed by atoms with Crippen LogP contribution in [-0.4, -0.2) is 23.0 Å². The Morgan fingerprint density at radius 3 is 2.48 bits per heavy atom. The molecule has 2 aliphatic carbocycles. The van der Waals surface area contributed by atoms with Crippen molar-refractivity contribution in [3.05, 3.63) is 35.9 Å². The molecule has 4 nitrogen and oxygen atoms in total. The van der Waals surface area contributed by atoms with Gasteiger partial charge in [0.15, 0.2) is 0 Å². The number of amides is 1. The van der Waals surface area contributed by atoms with Gasteiger partial charge in [-0.2, -0.15) is 0 Å². The highest BCUT2D eigenvalue weighted by Crippen LogP contribution is 2.49. The number of rotatable bonds is 5. The van der Waals surface area contributed by atoms with Gasteiger partial charge in [0, 0.05) is 6.04 Å². The maximum absolute atomic E-state index is 12.5. The fraction of sp³-hybridized carbons (Fsp3) is 0.529. The maximum atomic E-state index is 12.5. The number of nitrogens with one attached hydrogen (secondary N) is 1. The number of carbonyl (C=O) groups is 2. The van der Waals surface area contributed by atoms with Gasteiger partial charge in [-0.25, -0.2) is 0 Å². The van der Waals surface area contributed by atoms with E-state index in [1.54, 1.807) is 0 Å². The summed E-state index contributed by atoms with van der Waals surface area (Å²) in [6.45, 7) is 0. The number of aliphatic carboxylic acids is 1. The molecule has 0 aliphatic heterocycles. The lowest BCUT2D eigenvalue weighted by Gasteiger charge is -2.19. The summed E-state index contributed by atoms with van der Waals surface area (Å²) in [5.41, 5.74) is 0.947. The summed E-state index contributed by atoms with van der Waals surface area (Å²) < 4.78 is 0. The van der Waals surface area contributed by atoms with E-state index in [9.17, 15) is 9.59 Å². The van der Waals surface area contributed by atoms with Gasteiger partial charge in [0.05, 0.1) is 11.3 Å². The number of hydrogen-bond acceptors (Lipinski definition) is 2. The molecule has 2 atom stereocenters. The summed E-state index contributed by atoms with van der Waals surface area (Å²) in [6, 6.07) is 10.1. The Hall–Kier alpha value is -1.84. The largest absolute Gasteiger partial charge is 0.481 e. The Labute approximate surface area is 124 Å². The summed E-state index contributed by atoms with van der Waals surface area (Å²) >= 11 is 0. The second kappa shape index (κ2) is 5.51. The van der Waals surface area contributed by atoms with E-state index in [1.807, 2.05) is 18.2 Å². The molecule has 0 unspecified atom stereocenters. The van der Waals surface area contributed by atoms with Crippen molar-refractivity contribution in [3.8, 4) is 0 Å². The Bertz CT molecular complexity index is 536. The van der Waals surface area contributed by atoms with E-state index < -0.39 is 5.97 Å². The Kier molecular flexibility index (Phi) is 3.70. The molecule has 0 aromatic heterocycles. The van der Waals surface area contributed by atoms with Crippen LogP contribution in [-0.2, 0) is 16.0 Å². The van der Waals surface area contributed by atoms with Crippen molar-refractivity contribution in [2.45, 2.75) is 44.6 Å². The Balaban J connectivity index is 1.57. The SMILES string of the molecule is O=C(O)[C@@H]1CC[C@H](NC(=O)C2(Cc3ccccc3)CC2)C1. The zero-order chi connectivity index (χ0) is 14.9. The minimum absolute atomic E-state index is 0.0341. The molecular weight excluding hydrogens is 266 g/mol. The summed E-state index contributed by atoms with van der Waals surface area (Å²) in [7, 11) is 0. The van der Waals surface area contributed by atoms with E-state index in [0.29, 0.717) is 12.8 Å². The standard InChI is InChI=1S/C17H21NO3/c19-15(20)13-6-7-14(10-13)18-16(21)17(8-9-17)11-12-4-2-1-3-5-12/h1-5,13-14H,6-11H2,(H,18,21)(H,19,20)/t13-,14+/m1/s1. The van der Waals surface area contributed by atoms with E-state index in [1.165, 1.54) is 5.56 Å². The first-order valence-corrected chi connectivity index (χ1v) is 7.67. The van der Waals surface area contributed by atoms with Gasteiger partial charge in [-0.05, 0) is 44.1 Å². The van der Waals surface area contributed by atoms with Crippen LogP contribution in [0.3, 0.4) is 0 Å². The minimum Gasteiger partial charge on any atom is -0.481 e. The van der Waals surface area contributed by atoms with Crippen molar-refractivity contribution in [3.63, 3.8) is 0 Å². The fourth-order valence-corrected chi connectivity index (χ4v) is 3.30. The lowest BCUT2D eigenvalue weighted by molar-refractivity contribution is -0.141. The average Bonchev–Trinajstić information content (AvgIpc) is 3.09. The lowest BCUT2D eigenvalue weighted by Crippen LogP contribution is -2.39. The van der Waals surface area contributed by atoms with E-state index in [0.717, 1.165) is 25.7 Å². The average molecular weight is 287 g/mol. The monoisotopic (exact) mass is 287 g/mol. The van der Waals surface area contributed by atoms with E-state index >= 15 is 0 Å². The highest BCUT2D eigenvalue weighted by Gasteiger charge is 2.50. The van der Waals surface area contributed by atoms with Crippen LogP contribution >= 0.6 is 0 Å². The molecular formula is C17H21NO3. The van der Waals surface area contributed by atoms with Crippen LogP contribution in [0.25, 0.3) is 0 Å². The molecule has 21 heavy (non-hydrogen) atoms. The first-order chi connectivity index (χ1) is 10.1. The van der Waals surface area contributed by atoms with Crippen molar-refractivity contribution >= 4 is 11.9 Å². The Morgan fingerprint density at radius 2 is 1.90 bits per heavy atom. The van der Waals surface area contributed by atoms with Gasteiger partial charge in [0.2, 0.25) is 5.91 Å². The van der Waals surface area contributed by atoms with Gasteiger partial charge in [-0.3, -0.25) is 9.59 Å². The van der Waals surface area contributed by atoms with Gasteiger partial charge in [-0.1, -0.05) is 30.3 Å². The molecule has 0 spiro atoms. The van der Waals surface area contributed by atoms with Gasteiger partial charge < -0.3 is 10.4 Å². The molecule has 4 heteroatoms. The number of carboxylic acid groups (broad SMARTS) is 1. The molecule has 1 amide bonds. The van der Waals surface area contributed by atoms with E-state index in [4.69, 9.17) is 5.11 Å². The topological polar surface area (TPSA) is 66.4 Å². The second-order valence-corrected chi connectivity index (χ2v) is 6.46. The molecule has 2 aliphatic rings. The first kappa shape index (κ1) is 14.1. The maximum Gasteiger partial charge on any atom is 0.306 e. The molecule has 2 fully saturated rings. The van der Waals surface area contributed by atoms with E-state index in [2.05, 4.69) is 17.4 Å². The predicted molar refractivity (Wildman–Crippen MR) is 78.7 cm³/mol. The third-order valence-electron chi connectivity index (χ3n) is 4.84. The smallest absolute Gasteiger partial charge is 0.306 e. The van der Waals surface area contributed by atoms with Crippen LogP contribution in [0.1, 0.15) is 37.7 Å². The van der Waals surface area contributed by atoms with Crippen molar-refractivity contribution < 1.29 is 14.7 Å². The summed E-state index contributed by atoms with van der Waals surface area (Å²) in [6.07, 6.45) is 4.68. The summed E-state index contributed by atoms with van der Waals surface area (Å²) in [5.74, 6) is -0.917. The van der Waals surface area contributed by atoms with Crippen LogP contribution in [0.5, 0.6) is 0 Å². The van der Waals surface area contributed by atoms with Crippen molar-refractivity contribution in [2.75, 3.05) is 0 Å². The normalized spacial score (nSPS) is 26.3. The zero-order valence-corrected chi connectivity index (χ0v) is 12.0. The third kappa shape index (κ3) is 3.09. The number of hydrogen-bond donors (Lipinski definition) is 2. The fourth-order valence-electron chi connectivity index (χ4n) is 3.30. The molecule has 112 valence electrons. The molecule has 0 heterocycles. The van der Waals surface area contributed by atoms with Crippen LogP contribution in [0.15, 0.2) is 30.3 Å². The molecule has 0 saturated heterocycles. The van der Waals surface area contributed by atoms with Crippen molar-refractivity contribution in [2.24, 2.45) is 11.3 Å². The van der Waals surface area contributed by atoms with Crippen LogP contribution in [0.4, 0.5) is 0 Å². The van der Waals surface area contributed by atoms with Crippen molar-refractivity contribution in [1.82, 2.24) is 5.32 Å². The number of carbonyl (C=O) groups excluding carboxylic acids is 1. The zero-order valence-electron chi connectivity index (χ0n) is 12.0. The highest BCUT2D eigenvalue weighted by atomic mass is 16.4. The minimum atomic E-state index is -0.739. The molecule has 3 rings (SSSR count). The van der Waals surface area contributed by atoms with Crippen LogP contribution in [0, 0.1) is 11.3 Å². The predicted octanol–water partition coefficient (Wildman–Crippen LogP) is 2.38. The first-order valence-electron chi connectivity index (χ1n) is 7.67. The quantitative estimate of drug-likeness (QED) is 0.873. The molecule has 1 aromatic carbocycles. The van der Waals surface area contributed by atoms with Gasteiger partial charge in [0.1, 0.15) is 0 Å². The molecule has 2 N–H and O–H groups in total. The van der Waals surface area contributed by atoms with E-state index in [-0.39, 0.29) is 23.3 Å². The molecule has 0 radical (unpaired) electrons. The van der Waals surface area contributed by atoms with Gasteiger partial charge in [-0.15, -0.1) is 0 Å². The van der Waals surface area contributed by atoms with Gasteiger partial charge >= 0.3 is 5.97 Å². The summed E-state index contributed by atoms with van der Waals surface area (Å²) in [4.78, 5) is 23.5. The number of benzene rings is 1. The number of carboxylic acids is 1. The van der Waals surface area contributed by atoms with Crippen LogP contribution in [0.2, 0.25) is 0 Å². The lowest BCUT2D eigenvalue weighted by atomic mass is 9.95. The Morgan fingerprint density at radius 1 is 1.19 bits per heavy atom. The third-order valence-corrected chi connectivity index (χ3v) is 4.84. The van der Waals surface area contributed by atoms with Crippen molar-refractivity contribution in [1.29, 1.82) is 0 Å². The summed E-state index contributed by atoms with van der Waals surface area (Å²) in [5, 5.41) is 12.1. The second-order valence-electron chi connectivity index (χ2n) is 6.46. The van der Waals surface area contributed by atoms with Crippen LogP contribution < -0.4 is 5.32 Å². The van der Waals surface area contributed by atoms with Gasteiger partial charge in [0.25, 0.3) is 0 Å². The molecule has 1 aromatic rings.